The molecule has 0 radical (unpaired) electrons. The average Bonchev–Trinajstić information content (AvgIpc) is 2.30. The van der Waals surface area contributed by atoms with Gasteiger partial charge < -0.3 is 10.6 Å². The Morgan fingerprint density at radius 3 is 2.45 bits per heavy atom. The number of amides is 2. The molecular weight excluding hydrogens is 319 g/mol. The monoisotopic (exact) mass is 336 g/mol. The molecule has 7 heteroatoms. The topological polar surface area (TPSA) is 58.2 Å². The largest absolute Gasteiger partial charge is 0.335 e. The summed E-state index contributed by atoms with van der Waals surface area (Å²) in [5, 5.41) is 6.46. The average molecular weight is 337 g/mol. The minimum Gasteiger partial charge on any atom is -0.335 e. The molecule has 0 fully saturated rings. The molecule has 0 spiro atoms. The van der Waals surface area contributed by atoms with E-state index in [9.17, 15) is 9.00 Å². The highest BCUT2D eigenvalue weighted by atomic mass is 35.5. The lowest BCUT2D eigenvalue weighted by Crippen LogP contribution is -2.43. The highest BCUT2D eigenvalue weighted by molar-refractivity contribution is 7.84. The van der Waals surface area contributed by atoms with E-state index in [4.69, 9.17) is 23.2 Å². The van der Waals surface area contributed by atoms with E-state index in [1.807, 2.05) is 19.9 Å². The first-order valence-corrected chi connectivity index (χ1v) is 8.60. The zero-order valence-electron chi connectivity index (χ0n) is 11.6. The Labute approximate surface area is 131 Å². The van der Waals surface area contributed by atoms with Gasteiger partial charge in [-0.15, -0.1) is 0 Å². The Bertz CT molecular complexity index is 511. The number of carbonyl (C=O) groups is 1. The van der Waals surface area contributed by atoms with Crippen LogP contribution in [0, 0.1) is 0 Å². The maximum atomic E-state index is 11.8. The highest BCUT2D eigenvalue weighted by Gasteiger charge is 2.13. The second-order valence-corrected chi connectivity index (χ2v) is 6.95. The fourth-order valence-corrected chi connectivity index (χ4v) is 2.81. The molecule has 0 bridgehead atoms. The molecule has 1 aromatic rings. The van der Waals surface area contributed by atoms with Gasteiger partial charge in [0.2, 0.25) is 0 Å². The van der Waals surface area contributed by atoms with Gasteiger partial charge in [-0.2, -0.15) is 0 Å². The molecule has 0 aromatic heterocycles. The molecular formula is C13H18Cl2N2O2S. The Balaban J connectivity index is 2.56. The molecule has 2 N–H and O–H groups in total. The summed E-state index contributed by atoms with van der Waals surface area (Å²) in [6.45, 7) is 3.66. The lowest BCUT2D eigenvalue weighted by Gasteiger charge is -2.18. The zero-order valence-corrected chi connectivity index (χ0v) is 13.9. The summed E-state index contributed by atoms with van der Waals surface area (Å²) in [5.41, 5.74) is 0.862. The Kier molecular flexibility index (Phi) is 6.79. The predicted molar refractivity (Wildman–Crippen MR) is 84.9 cm³/mol. The van der Waals surface area contributed by atoms with Crippen LogP contribution in [-0.4, -0.2) is 28.3 Å². The van der Waals surface area contributed by atoms with E-state index < -0.39 is 10.8 Å². The summed E-state index contributed by atoms with van der Waals surface area (Å²) in [4.78, 5) is 11.8. The molecule has 112 valence electrons. The van der Waals surface area contributed by atoms with E-state index in [0.717, 1.165) is 5.56 Å². The van der Waals surface area contributed by atoms with Crippen molar-refractivity contribution in [3.05, 3.63) is 33.8 Å². The van der Waals surface area contributed by atoms with Gasteiger partial charge in [0.25, 0.3) is 0 Å². The van der Waals surface area contributed by atoms with Crippen LogP contribution in [0.4, 0.5) is 4.79 Å². The molecule has 0 heterocycles. The molecule has 4 nitrogen and oxygen atoms in total. The van der Waals surface area contributed by atoms with Crippen LogP contribution in [0.15, 0.2) is 18.2 Å². The highest BCUT2D eigenvalue weighted by Crippen LogP contribution is 2.25. The molecule has 2 amide bonds. The van der Waals surface area contributed by atoms with E-state index >= 15 is 0 Å². The van der Waals surface area contributed by atoms with Crippen molar-refractivity contribution in [3.63, 3.8) is 0 Å². The molecule has 0 unspecified atom stereocenters. The Morgan fingerprint density at radius 1 is 1.25 bits per heavy atom. The molecule has 1 rings (SSSR count). The third-order valence-electron chi connectivity index (χ3n) is 2.65. The first-order valence-electron chi connectivity index (χ1n) is 6.11. The van der Waals surface area contributed by atoms with Crippen molar-refractivity contribution in [2.75, 3.05) is 12.0 Å². The van der Waals surface area contributed by atoms with E-state index in [1.165, 1.54) is 0 Å². The van der Waals surface area contributed by atoms with Crippen molar-refractivity contribution in [3.8, 4) is 0 Å². The third-order valence-corrected chi connectivity index (χ3v) is 4.36. The van der Waals surface area contributed by atoms with Crippen LogP contribution < -0.4 is 10.6 Å². The van der Waals surface area contributed by atoms with E-state index in [0.29, 0.717) is 15.8 Å². The van der Waals surface area contributed by atoms with Gasteiger partial charge in [0.15, 0.2) is 0 Å². The molecule has 3 atom stereocenters. The van der Waals surface area contributed by atoms with Gasteiger partial charge in [0.1, 0.15) is 0 Å². The van der Waals surface area contributed by atoms with Crippen molar-refractivity contribution in [2.24, 2.45) is 0 Å². The van der Waals surface area contributed by atoms with Crippen molar-refractivity contribution < 1.29 is 9.00 Å². The number of urea groups is 1. The van der Waals surface area contributed by atoms with Crippen molar-refractivity contribution >= 4 is 40.0 Å². The van der Waals surface area contributed by atoms with Crippen LogP contribution in [0.3, 0.4) is 0 Å². The predicted octanol–water partition coefficient (Wildman–Crippen LogP) is 3.12. The molecule has 20 heavy (non-hydrogen) atoms. The summed E-state index contributed by atoms with van der Waals surface area (Å²) >= 11 is 11.8. The minimum atomic E-state index is -0.941. The van der Waals surface area contributed by atoms with Gasteiger partial charge >= 0.3 is 6.03 Å². The number of carbonyl (C=O) groups excluding carboxylic acids is 1. The smallest absolute Gasteiger partial charge is 0.315 e. The standard InChI is InChI=1S/C13H18Cl2N2O2S/c1-8(7-20(3)19)16-13(18)17-9(2)10-4-5-11(14)12(15)6-10/h4-6,8-9H,7H2,1-3H3,(H2,16,17,18)/t8-,9-,20-/m1/s1. The number of hydrogen-bond donors (Lipinski definition) is 2. The maximum Gasteiger partial charge on any atom is 0.315 e. The van der Waals surface area contributed by atoms with E-state index in [-0.39, 0.29) is 18.1 Å². The zero-order chi connectivity index (χ0) is 15.3. The van der Waals surface area contributed by atoms with Gasteiger partial charge in [-0.3, -0.25) is 4.21 Å². The van der Waals surface area contributed by atoms with Crippen LogP contribution >= 0.6 is 23.2 Å². The van der Waals surface area contributed by atoms with Crippen molar-refractivity contribution in [1.82, 2.24) is 10.6 Å². The number of nitrogens with one attached hydrogen (secondary N) is 2. The summed E-state index contributed by atoms with van der Waals surface area (Å²) in [7, 11) is -0.941. The van der Waals surface area contributed by atoms with Crippen LogP contribution in [0.2, 0.25) is 10.0 Å². The third kappa shape index (κ3) is 5.69. The number of rotatable bonds is 5. The van der Waals surface area contributed by atoms with Gasteiger partial charge in [-0.25, -0.2) is 4.79 Å². The summed E-state index contributed by atoms with van der Waals surface area (Å²) in [5.74, 6) is 0.425. The van der Waals surface area contributed by atoms with Crippen LogP contribution in [0.1, 0.15) is 25.5 Å². The van der Waals surface area contributed by atoms with Crippen LogP contribution in [-0.2, 0) is 10.8 Å². The SMILES string of the molecule is C[C@H](C[S@@](C)=O)NC(=O)N[C@H](C)c1ccc(Cl)c(Cl)c1. The summed E-state index contributed by atoms with van der Waals surface area (Å²) < 4.78 is 11.1. The minimum absolute atomic E-state index is 0.151. The van der Waals surface area contributed by atoms with Crippen molar-refractivity contribution in [2.45, 2.75) is 25.9 Å². The molecule has 1 aromatic carbocycles. The van der Waals surface area contributed by atoms with Crippen molar-refractivity contribution in [1.29, 1.82) is 0 Å². The van der Waals surface area contributed by atoms with E-state index in [1.54, 1.807) is 18.4 Å². The quantitative estimate of drug-likeness (QED) is 0.867. The first kappa shape index (κ1) is 17.3. The molecule has 0 aliphatic carbocycles. The van der Waals surface area contributed by atoms with Gasteiger partial charge in [0.05, 0.1) is 16.1 Å². The summed E-state index contributed by atoms with van der Waals surface area (Å²) in [6, 6.07) is 4.56. The van der Waals surface area contributed by atoms with Crippen LogP contribution in [0.25, 0.3) is 0 Å². The fourth-order valence-electron chi connectivity index (χ4n) is 1.72. The fraction of sp³-hybridized carbons (Fsp3) is 0.462. The lowest BCUT2D eigenvalue weighted by atomic mass is 10.1. The van der Waals surface area contributed by atoms with Gasteiger partial charge in [0, 0.05) is 28.9 Å². The Hall–Kier alpha value is -0.780. The van der Waals surface area contributed by atoms with Gasteiger partial charge in [-0.05, 0) is 31.5 Å². The van der Waals surface area contributed by atoms with E-state index in [2.05, 4.69) is 10.6 Å². The van der Waals surface area contributed by atoms with Gasteiger partial charge in [-0.1, -0.05) is 29.3 Å². The molecule has 0 saturated carbocycles. The lowest BCUT2D eigenvalue weighted by molar-refractivity contribution is 0.235. The molecule has 0 saturated heterocycles. The number of halogens is 2. The molecule has 0 aliphatic rings. The normalized spacial score (nSPS) is 15.2. The second kappa shape index (κ2) is 7.86. The van der Waals surface area contributed by atoms with Crippen LogP contribution in [0.5, 0.6) is 0 Å². The molecule has 0 aliphatic heterocycles. The Morgan fingerprint density at radius 2 is 1.90 bits per heavy atom. The first-order chi connectivity index (χ1) is 9.29. The maximum absolute atomic E-state index is 11.8. The summed E-state index contributed by atoms with van der Waals surface area (Å²) in [6.07, 6.45) is 1.61. The number of benzene rings is 1. The number of hydrogen-bond acceptors (Lipinski definition) is 2. The second-order valence-electron chi connectivity index (χ2n) is 4.65.